The Kier molecular flexibility index (Phi) is 5.28. The smallest absolute Gasteiger partial charge is 0.211 e. The summed E-state index contributed by atoms with van der Waals surface area (Å²) < 4.78 is 0. The molecule has 0 saturated carbocycles. The van der Waals surface area contributed by atoms with Crippen LogP contribution in [0.2, 0.25) is 0 Å². The van der Waals surface area contributed by atoms with Gasteiger partial charge < -0.3 is 0 Å². The Morgan fingerprint density at radius 3 is 1.54 bits per heavy atom. The summed E-state index contributed by atoms with van der Waals surface area (Å²) in [6, 6.07) is 34.7. The summed E-state index contributed by atoms with van der Waals surface area (Å²) in [4.78, 5) is 12.8. The Labute approximate surface area is 167 Å². The fourth-order valence-electron chi connectivity index (χ4n) is 3.53. The maximum atomic E-state index is 12.8. The van der Waals surface area contributed by atoms with Crippen LogP contribution in [0.15, 0.2) is 103 Å². The lowest BCUT2D eigenvalue weighted by atomic mass is 9.85. The average molecular weight is 378 g/mol. The molecule has 0 unspecified atom stereocenters. The van der Waals surface area contributed by atoms with Crippen LogP contribution in [0.5, 0.6) is 0 Å². The molecule has 0 aliphatic rings. The quantitative estimate of drug-likeness (QED) is 0.335. The second kappa shape index (κ2) is 8.17. The summed E-state index contributed by atoms with van der Waals surface area (Å²) in [5.41, 5.74) is 7.15. The minimum Gasteiger partial charge on any atom is -0.284 e. The van der Waals surface area contributed by atoms with Gasteiger partial charge >= 0.3 is 0 Å². The Hall–Kier alpha value is -3.28. The highest BCUT2D eigenvalue weighted by molar-refractivity contribution is 7.57. The fourth-order valence-corrected chi connectivity index (χ4v) is 3.89. The third-order valence-corrected chi connectivity index (χ3v) is 5.32. The molecule has 0 aromatic heterocycles. The van der Waals surface area contributed by atoms with E-state index in [0.29, 0.717) is 13.8 Å². The van der Waals surface area contributed by atoms with Gasteiger partial charge in [-0.25, -0.2) is 0 Å². The third kappa shape index (κ3) is 3.45. The molecule has 1 nitrogen and oxygen atoms in total. The van der Waals surface area contributed by atoms with Gasteiger partial charge in [0.1, 0.15) is 0 Å². The van der Waals surface area contributed by atoms with Crippen LogP contribution in [0.4, 0.5) is 0 Å². The summed E-state index contributed by atoms with van der Waals surface area (Å²) in [5, 5.41) is 0. The van der Waals surface area contributed by atoms with Crippen LogP contribution in [0.25, 0.3) is 33.4 Å². The predicted octanol–water partition coefficient (Wildman–Crippen LogP) is 7.21. The summed E-state index contributed by atoms with van der Waals surface area (Å²) in [6.07, 6.45) is 3.80. The van der Waals surface area contributed by atoms with Gasteiger partial charge in [0.15, 0.2) is 0 Å². The zero-order valence-corrected chi connectivity index (χ0v) is 16.3. The van der Waals surface area contributed by atoms with Gasteiger partial charge in [0.25, 0.3) is 0 Å². The first kappa shape index (κ1) is 18.1. The molecule has 0 bridgehead atoms. The van der Waals surface area contributed by atoms with E-state index >= 15 is 0 Å². The van der Waals surface area contributed by atoms with Gasteiger partial charge in [0, 0.05) is 11.1 Å². The number of carbonyl (C=O) groups is 1. The largest absolute Gasteiger partial charge is 0.284 e. The summed E-state index contributed by atoms with van der Waals surface area (Å²) in [5.74, 6) is 0. The first-order valence-electron chi connectivity index (χ1n) is 9.14. The lowest BCUT2D eigenvalue weighted by Gasteiger charge is -2.19. The number of hydrogen-bond donors (Lipinski definition) is 0. The van der Waals surface area contributed by atoms with Crippen LogP contribution in [-0.2, 0) is 0 Å². The number of rotatable bonds is 5. The minimum atomic E-state index is 0.0237. The fraction of sp³-hybridized carbons (Fsp3) is 0. The molecule has 2 heteroatoms. The highest BCUT2D eigenvalue weighted by atomic mass is 31.1. The molecule has 0 heterocycles. The van der Waals surface area contributed by atoms with Gasteiger partial charge in [-0.05, 0) is 42.1 Å². The van der Waals surface area contributed by atoms with Gasteiger partial charge in [0.2, 0.25) is 5.52 Å². The Bertz CT molecular complexity index is 1120. The molecule has 0 N–H and O–H groups in total. The molecule has 0 atom stereocenters. The molecule has 4 aromatic carbocycles. The van der Waals surface area contributed by atoms with Gasteiger partial charge in [-0.15, -0.1) is 0 Å². The van der Waals surface area contributed by atoms with Crippen LogP contribution in [0.3, 0.4) is 0 Å². The predicted molar refractivity (Wildman–Crippen MR) is 121 cm³/mol. The summed E-state index contributed by atoms with van der Waals surface area (Å²) >= 11 is 0. The van der Waals surface area contributed by atoms with E-state index in [9.17, 15) is 4.79 Å². The van der Waals surface area contributed by atoms with E-state index in [0.717, 1.165) is 33.4 Å². The SMILES string of the molecule is C=PC(=O)c1ccc(-c2ccccc2)c(-c2ccccc2)c1-c1ccccc1. The highest BCUT2D eigenvalue weighted by Crippen LogP contribution is 2.42. The van der Waals surface area contributed by atoms with E-state index in [-0.39, 0.29) is 5.52 Å². The van der Waals surface area contributed by atoms with Crippen LogP contribution in [0, 0.1) is 0 Å². The number of carbonyl (C=O) groups excluding carboxylic acids is 1. The second-order valence-corrected chi connectivity index (χ2v) is 7.19. The first-order chi connectivity index (χ1) is 13.8. The van der Waals surface area contributed by atoms with Crippen molar-refractivity contribution in [1.29, 1.82) is 0 Å². The van der Waals surface area contributed by atoms with E-state index in [2.05, 4.69) is 48.8 Å². The third-order valence-electron chi connectivity index (χ3n) is 4.79. The van der Waals surface area contributed by atoms with Crippen molar-refractivity contribution < 1.29 is 4.79 Å². The molecule has 0 radical (unpaired) electrons. The molecule has 0 fully saturated rings. The van der Waals surface area contributed by atoms with Crippen molar-refractivity contribution in [2.45, 2.75) is 0 Å². The van der Waals surface area contributed by atoms with Gasteiger partial charge in [-0.2, -0.15) is 0 Å². The number of benzene rings is 4. The molecule has 4 rings (SSSR count). The van der Waals surface area contributed by atoms with Crippen molar-refractivity contribution in [3.8, 4) is 33.4 Å². The van der Waals surface area contributed by atoms with Crippen molar-refractivity contribution in [2.24, 2.45) is 0 Å². The van der Waals surface area contributed by atoms with Gasteiger partial charge in [-0.1, -0.05) is 103 Å². The zero-order chi connectivity index (χ0) is 19.3. The van der Waals surface area contributed by atoms with E-state index in [4.69, 9.17) is 0 Å². The van der Waals surface area contributed by atoms with E-state index < -0.39 is 0 Å². The van der Waals surface area contributed by atoms with E-state index in [1.807, 2.05) is 60.7 Å². The molecule has 28 heavy (non-hydrogen) atoms. The van der Waals surface area contributed by atoms with Crippen LogP contribution >= 0.6 is 8.20 Å². The minimum absolute atomic E-state index is 0.0237. The standard InChI is InChI=1S/C26H19OP/c1-28-26(27)23-18-17-22(19-11-5-2-6-12-19)24(20-13-7-3-8-14-20)25(23)21-15-9-4-10-16-21/h2-18H,1H2. The molecule has 0 amide bonds. The van der Waals surface area contributed by atoms with Crippen molar-refractivity contribution in [3.63, 3.8) is 0 Å². The Balaban J connectivity index is 2.13. The maximum absolute atomic E-state index is 12.8. The molecule has 0 aliphatic carbocycles. The van der Waals surface area contributed by atoms with Gasteiger partial charge in [0.05, 0.1) is 0 Å². The average Bonchev–Trinajstić information content (AvgIpc) is 2.79. The molecule has 134 valence electrons. The summed E-state index contributed by atoms with van der Waals surface area (Å²) in [6.45, 7) is 0. The topological polar surface area (TPSA) is 17.1 Å². The maximum Gasteiger partial charge on any atom is 0.211 e. The Morgan fingerprint density at radius 1 is 0.571 bits per heavy atom. The molecule has 0 saturated heterocycles. The number of hydrogen-bond acceptors (Lipinski definition) is 1. The van der Waals surface area contributed by atoms with Crippen LogP contribution in [0.1, 0.15) is 10.4 Å². The van der Waals surface area contributed by atoms with Crippen molar-refractivity contribution in [1.82, 2.24) is 0 Å². The van der Waals surface area contributed by atoms with Crippen LogP contribution in [-0.4, -0.2) is 11.8 Å². The molecule has 0 aliphatic heterocycles. The van der Waals surface area contributed by atoms with Crippen LogP contribution < -0.4 is 0 Å². The lowest BCUT2D eigenvalue weighted by Crippen LogP contribution is -1.99. The normalized spacial score (nSPS) is 10.7. The first-order valence-corrected chi connectivity index (χ1v) is 10.2. The van der Waals surface area contributed by atoms with E-state index in [1.165, 1.54) is 0 Å². The van der Waals surface area contributed by atoms with E-state index in [1.54, 1.807) is 0 Å². The van der Waals surface area contributed by atoms with Crippen molar-refractivity contribution in [3.05, 3.63) is 109 Å². The molecule has 0 spiro atoms. The van der Waals surface area contributed by atoms with Gasteiger partial charge in [-0.3, -0.25) is 4.79 Å². The second-order valence-electron chi connectivity index (χ2n) is 6.47. The molecule has 4 aromatic rings. The molecular weight excluding hydrogens is 359 g/mol. The molecular formula is C26H19OP. The summed E-state index contributed by atoms with van der Waals surface area (Å²) in [7, 11) is 0.491. The van der Waals surface area contributed by atoms with Crippen molar-refractivity contribution >= 4 is 20.0 Å². The monoisotopic (exact) mass is 378 g/mol. The zero-order valence-electron chi connectivity index (χ0n) is 15.4. The lowest BCUT2D eigenvalue weighted by molar-refractivity contribution is 0.108. The Morgan fingerprint density at radius 2 is 1.04 bits per heavy atom. The van der Waals surface area contributed by atoms with Crippen molar-refractivity contribution in [2.75, 3.05) is 0 Å². The highest BCUT2D eigenvalue weighted by Gasteiger charge is 2.20.